The van der Waals surface area contributed by atoms with Crippen molar-refractivity contribution in [2.75, 3.05) is 24.3 Å². The number of nitrogens with zero attached hydrogens (tertiary/aromatic N) is 1. The van der Waals surface area contributed by atoms with E-state index in [4.69, 9.17) is 0 Å². The average Bonchev–Trinajstić information content (AvgIpc) is 3.31. The Morgan fingerprint density at radius 2 is 1.76 bits per heavy atom. The lowest BCUT2D eigenvalue weighted by Crippen LogP contribution is -2.10. The first-order chi connectivity index (χ1) is 10.1. The first kappa shape index (κ1) is 14.0. The summed E-state index contributed by atoms with van der Waals surface area (Å²) in [6.07, 6.45) is 2.74. The van der Waals surface area contributed by atoms with Crippen molar-refractivity contribution in [3.05, 3.63) is 59.2 Å². The van der Waals surface area contributed by atoms with E-state index in [2.05, 4.69) is 73.7 Å². The van der Waals surface area contributed by atoms with Gasteiger partial charge in [-0.1, -0.05) is 30.3 Å². The van der Waals surface area contributed by atoms with Crippen molar-refractivity contribution < 1.29 is 0 Å². The maximum absolute atomic E-state index is 3.52. The van der Waals surface area contributed by atoms with Gasteiger partial charge in [-0.15, -0.1) is 0 Å². The van der Waals surface area contributed by atoms with Crippen LogP contribution in [-0.2, 0) is 6.54 Å². The molecule has 110 valence electrons. The second-order valence-corrected chi connectivity index (χ2v) is 6.27. The quantitative estimate of drug-likeness (QED) is 0.864. The van der Waals surface area contributed by atoms with E-state index in [1.54, 1.807) is 0 Å². The number of rotatable bonds is 5. The highest BCUT2D eigenvalue weighted by Gasteiger charge is 2.22. The monoisotopic (exact) mass is 280 g/mol. The summed E-state index contributed by atoms with van der Waals surface area (Å²) in [5.74, 6) is 0.840. The fourth-order valence-corrected chi connectivity index (χ4v) is 2.73. The van der Waals surface area contributed by atoms with E-state index in [-0.39, 0.29) is 0 Å². The van der Waals surface area contributed by atoms with Crippen molar-refractivity contribution in [2.45, 2.75) is 32.2 Å². The summed E-state index contributed by atoms with van der Waals surface area (Å²) in [7, 11) is 4.17. The standard InChI is InChI=1S/C19H24N2/c1-14-4-11-18(12-19(14)21(2)3)20-13-15-5-7-16(8-6-15)17-9-10-17/h4-8,11-12,17,20H,9-10,13H2,1-3H3. The number of nitrogens with one attached hydrogen (secondary N) is 1. The largest absolute Gasteiger partial charge is 0.381 e. The van der Waals surface area contributed by atoms with Gasteiger partial charge in [0.2, 0.25) is 0 Å². The van der Waals surface area contributed by atoms with Crippen molar-refractivity contribution in [3.63, 3.8) is 0 Å². The smallest absolute Gasteiger partial charge is 0.0411 e. The summed E-state index contributed by atoms with van der Waals surface area (Å²) in [4.78, 5) is 2.16. The lowest BCUT2D eigenvalue weighted by molar-refractivity contribution is 1.09. The molecule has 21 heavy (non-hydrogen) atoms. The predicted octanol–water partition coefficient (Wildman–Crippen LogP) is 4.55. The summed E-state index contributed by atoms with van der Waals surface area (Å²) < 4.78 is 0. The number of aryl methyl sites for hydroxylation is 1. The summed E-state index contributed by atoms with van der Waals surface area (Å²) in [6, 6.07) is 15.6. The van der Waals surface area contributed by atoms with E-state index < -0.39 is 0 Å². The minimum Gasteiger partial charge on any atom is -0.381 e. The molecule has 1 N–H and O–H groups in total. The lowest BCUT2D eigenvalue weighted by atomic mass is 10.1. The molecule has 0 bridgehead atoms. The first-order valence-corrected chi connectivity index (χ1v) is 7.74. The maximum Gasteiger partial charge on any atom is 0.0411 e. The van der Waals surface area contributed by atoms with Gasteiger partial charge in [-0.3, -0.25) is 0 Å². The highest BCUT2D eigenvalue weighted by molar-refractivity contribution is 5.61. The van der Waals surface area contributed by atoms with Gasteiger partial charge in [-0.05, 0) is 54.5 Å². The molecule has 0 spiro atoms. The Labute approximate surface area is 127 Å². The number of anilines is 2. The molecule has 2 nitrogen and oxygen atoms in total. The Morgan fingerprint density at radius 1 is 1.05 bits per heavy atom. The van der Waals surface area contributed by atoms with Gasteiger partial charge in [-0.25, -0.2) is 0 Å². The van der Waals surface area contributed by atoms with E-state index in [1.165, 1.54) is 40.9 Å². The highest BCUT2D eigenvalue weighted by Crippen LogP contribution is 2.39. The minimum absolute atomic E-state index is 0.840. The third-order valence-electron chi connectivity index (χ3n) is 4.22. The third-order valence-corrected chi connectivity index (χ3v) is 4.22. The van der Waals surface area contributed by atoms with Crippen LogP contribution in [0.1, 0.15) is 35.4 Å². The topological polar surface area (TPSA) is 15.3 Å². The van der Waals surface area contributed by atoms with Crippen LogP contribution < -0.4 is 10.2 Å². The van der Waals surface area contributed by atoms with Crippen molar-refractivity contribution in [1.82, 2.24) is 0 Å². The highest BCUT2D eigenvalue weighted by atomic mass is 15.1. The molecule has 0 saturated heterocycles. The van der Waals surface area contributed by atoms with Gasteiger partial charge in [0.15, 0.2) is 0 Å². The molecule has 1 saturated carbocycles. The Bertz CT molecular complexity index is 610. The van der Waals surface area contributed by atoms with Crippen molar-refractivity contribution in [1.29, 1.82) is 0 Å². The second kappa shape index (κ2) is 5.80. The molecule has 1 fully saturated rings. The molecule has 0 aromatic heterocycles. The molecule has 0 atom stereocenters. The molecule has 0 aliphatic heterocycles. The summed E-state index contributed by atoms with van der Waals surface area (Å²) in [5, 5.41) is 3.52. The molecular formula is C19H24N2. The molecule has 0 heterocycles. The molecule has 2 aromatic rings. The summed E-state index contributed by atoms with van der Waals surface area (Å²) in [5.41, 5.74) is 6.59. The Hall–Kier alpha value is -1.96. The molecule has 0 amide bonds. The van der Waals surface area contributed by atoms with Crippen LogP contribution in [0.15, 0.2) is 42.5 Å². The first-order valence-electron chi connectivity index (χ1n) is 7.74. The maximum atomic E-state index is 3.52. The van der Waals surface area contributed by atoms with Crippen LogP contribution in [0.4, 0.5) is 11.4 Å². The van der Waals surface area contributed by atoms with Crippen LogP contribution >= 0.6 is 0 Å². The fourth-order valence-electron chi connectivity index (χ4n) is 2.73. The zero-order chi connectivity index (χ0) is 14.8. The summed E-state index contributed by atoms with van der Waals surface area (Å²) in [6.45, 7) is 3.02. The molecule has 1 aliphatic carbocycles. The normalized spacial score (nSPS) is 14.0. The predicted molar refractivity (Wildman–Crippen MR) is 91.2 cm³/mol. The Kier molecular flexibility index (Phi) is 3.87. The van der Waals surface area contributed by atoms with Crippen LogP contribution in [0.5, 0.6) is 0 Å². The average molecular weight is 280 g/mol. The molecule has 2 heteroatoms. The van der Waals surface area contributed by atoms with E-state index >= 15 is 0 Å². The molecule has 2 aromatic carbocycles. The lowest BCUT2D eigenvalue weighted by Gasteiger charge is -2.17. The number of hydrogen-bond acceptors (Lipinski definition) is 2. The molecule has 1 aliphatic rings. The van der Waals surface area contributed by atoms with Crippen molar-refractivity contribution >= 4 is 11.4 Å². The van der Waals surface area contributed by atoms with Crippen LogP contribution in [-0.4, -0.2) is 14.1 Å². The van der Waals surface area contributed by atoms with Crippen molar-refractivity contribution in [3.8, 4) is 0 Å². The zero-order valence-electron chi connectivity index (χ0n) is 13.2. The Balaban J connectivity index is 1.65. The molecule has 0 radical (unpaired) electrons. The van der Waals surface area contributed by atoms with Crippen molar-refractivity contribution in [2.24, 2.45) is 0 Å². The zero-order valence-corrected chi connectivity index (χ0v) is 13.2. The van der Waals surface area contributed by atoms with E-state index in [1.807, 2.05) is 0 Å². The number of hydrogen-bond donors (Lipinski definition) is 1. The van der Waals surface area contributed by atoms with Gasteiger partial charge in [0, 0.05) is 32.0 Å². The van der Waals surface area contributed by atoms with Crippen LogP contribution in [0.3, 0.4) is 0 Å². The molecular weight excluding hydrogens is 256 g/mol. The fraction of sp³-hybridized carbons (Fsp3) is 0.368. The van der Waals surface area contributed by atoms with Gasteiger partial charge < -0.3 is 10.2 Å². The van der Waals surface area contributed by atoms with Gasteiger partial charge in [0.25, 0.3) is 0 Å². The van der Waals surface area contributed by atoms with Gasteiger partial charge in [-0.2, -0.15) is 0 Å². The third kappa shape index (κ3) is 3.38. The molecule has 0 unspecified atom stereocenters. The van der Waals surface area contributed by atoms with E-state index in [0.29, 0.717) is 0 Å². The van der Waals surface area contributed by atoms with Crippen LogP contribution in [0, 0.1) is 6.92 Å². The van der Waals surface area contributed by atoms with Gasteiger partial charge in [0.1, 0.15) is 0 Å². The second-order valence-electron chi connectivity index (χ2n) is 6.27. The van der Waals surface area contributed by atoms with E-state index in [9.17, 15) is 0 Å². The SMILES string of the molecule is Cc1ccc(NCc2ccc(C3CC3)cc2)cc1N(C)C. The van der Waals surface area contributed by atoms with E-state index in [0.717, 1.165) is 12.5 Å². The van der Waals surface area contributed by atoms with Gasteiger partial charge >= 0.3 is 0 Å². The van der Waals surface area contributed by atoms with Gasteiger partial charge in [0.05, 0.1) is 0 Å². The Morgan fingerprint density at radius 3 is 2.38 bits per heavy atom. The molecule has 3 rings (SSSR count). The van der Waals surface area contributed by atoms with Crippen LogP contribution in [0.25, 0.3) is 0 Å². The summed E-state index contributed by atoms with van der Waals surface area (Å²) >= 11 is 0. The van der Waals surface area contributed by atoms with Crippen LogP contribution in [0.2, 0.25) is 0 Å². The minimum atomic E-state index is 0.840. The number of benzene rings is 2.